The molecule has 2 rings (SSSR count). The predicted octanol–water partition coefficient (Wildman–Crippen LogP) is 1.01. The van der Waals surface area contributed by atoms with Crippen LogP contribution in [0.3, 0.4) is 0 Å². The highest BCUT2D eigenvalue weighted by Gasteiger charge is 2.34. The van der Waals surface area contributed by atoms with Crippen LogP contribution in [0.25, 0.3) is 0 Å². The first-order valence-corrected chi connectivity index (χ1v) is 9.71. The number of nitrogens with zero attached hydrogens (tertiary/aromatic N) is 3. The summed E-state index contributed by atoms with van der Waals surface area (Å²) in [5.74, 6) is -0.116. The molecule has 0 N–H and O–H groups in total. The van der Waals surface area contributed by atoms with Crippen molar-refractivity contribution in [3.8, 4) is 0 Å². The molecule has 1 aliphatic heterocycles. The second-order valence-corrected chi connectivity index (χ2v) is 7.81. The third kappa shape index (κ3) is 4.23. The fourth-order valence-corrected chi connectivity index (χ4v) is 4.06. The predicted molar refractivity (Wildman–Crippen MR) is 91.9 cm³/mol. The Morgan fingerprint density at radius 2 is 1.74 bits per heavy atom. The smallest absolute Gasteiger partial charge is 0.246 e. The molecule has 0 bridgehead atoms. The number of piperazine rings is 1. The molecule has 1 aromatic rings. The summed E-state index contributed by atoms with van der Waals surface area (Å²) in [5.41, 5.74) is 0.532. The first-order valence-electron chi connectivity index (χ1n) is 7.86. The highest BCUT2D eigenvalue weighted by atomic mass is 32.2. The van der Waals surface area contributed by atoms with E-state index in [0.29, 0.717) is 25.2 Å². The number of carbonyl (C=O) groups excluding carboxylic acids is 1. The Hall–Kier alpha value is -1.60. The van der Waals surface area contributed by atoms with Crippen LogP contribution in [0.2, 0.25) is 0 Å². The summed E-state index contributed by atoms with van der Waals surface area (Å²) in [6, 6.07) is 8.13. The molecule has 0 aliphatic carbocycles. The van der Waals surface area contributed by atoms with E-state index in [1.165, 1.54) is 4.31 Å². The standard InChI is InChI=1S/C16H25N3O3S/c1-4-15(16(20)18-12-10-17(2)11-13-18)19(23(3,21)22)14-8-6-5-7-9-14/h5-9,15H,4,10-13H2,1-3H3/t15-/m1/s1. The van der Waals surface area contributed by atoms with Crippen molar-refractivity contribution >= 4 is 21.6 Å². The van der Waals surface area contributed by atoms with Crippen LogP contribution in [0, 0.1) is 0 Å². The van der Waals surface area contributed by atoms with Gasteiger partial charge >= 0.3 is 0 Å². The normalized spacial score (nSPS) is 17.8. The maximum Gasteiger partial charge on any atom is 0.246 e. The summed E-state index contributed by atoms with van der Waals surface area (Å²) in [7, 11) is -1.53. The summed E-state index contributed by atoms with van der Waals surface area (Å²) in [6.45, 7) is 4.75. The van der Waals surface area contributed by atoms with Gasteiger partial charge in [-0.2, -0.15) is 0 Å². The number of carbonyl (C=O) groups is 1. The minimum atomic E-state index is -3.55. The van der Waals surface area contributed by atoms with Gasteiger partial charge in [0.1, 0.15) is 6.04 Å². The van der Waals surface area contributed by atoms with Gasteiger partial charge in [0.15, 0.2) is 0 Å². The van der Waals surface area contributed by atoms with Crippen molar-refractivity contribution in [1.29, 1.82) is 0 Å². The zero-order valence-electron chi connectivity index (χ0n) is 14.0. The van der Waals surface area contributed by atoms with E-state index in [-0.39, 0.29) is 5.91 Å². The van der Waals surface area contributed by atoms with Gasteiger partial charge in [-0.3, -0.25) is 9.10 Å². The maximum atomic E-state index is 12.9. The first-order chi connectivity index (χ1) is 10.8. The minimum absolute atomic E-state index is 0.116. The Labute approximate surface area is 138 Å². The molecule has 128 valence electrons. The van der Waals surface area contributed by atoms with E-state index in [2.05, 4.69) is 4.90 Å². The molecule has 1 saturated heterocycles. The lowest BCUT2D eigenvalue weighted by molar-refractivity contribution is -0.134. The van der Waals surface area contributed by atoms with E-state index in [0.717, 1.165) is 19.3 Å². The van der Waals surface area contributed by atoms with Gasteiger partial charge in [-0.1, -0.05) is 25.1 Å². The highest BCUT2D eigenvalue weighted by molar-refractivity contribution is 7.92. The van der Waals surface area contributed by atoms with E-state index in [1.807, 2.05) is 20.0 Å². The topological polar surface area (TPSA) is 60.9 Å². The molecule has 6 nitrogen and oxygen atoms in total. The number of anilines is 1. The summed E-state index contributed by atoms with van der Waals surface area (Å²) < 4.78 is 25.9. The van der Waals surface area contributed by atoms with E-state index < -0.39 is 16.1 Å². The number of para-hydroxylation sites is 1. The Morgan fingerprint density at radius 3 is 2.22 bits per heavy atom. The van der Waals surface area contributed by atoms with Crippen LogP contribution in [0.5, 0.6) is 0 Å². The van der Waals surface area contributed by atoms with Crippen molar-refractivity contribution in [2.75, 3.05) is 43.8 Å². The summed E-state index contributed by atoms with van der Waals surface area (Å²) in [5, 5.41) is 0. The number of amides is 1. The van der Waals surface area contributed by atoms with Gasteiger partial charge in [-0.25, -0.2) is 8.42 Å². The molecule has 0 radical (unpaired) electrons. The number of rotatable bonds is 5. The van der Waals surface area contributed by atoms with Crippen LogP contribution in [0.1, 0.15) is 13.3 Å². The molecule has 0 aromatic heterocycles. The van der Waals surface area contributed by atoms with Gasteiger partial charge in [0.2, 0.25) is 15.9 Å². The van der Waals surface area contributed by atoms with Gasteiger partial charge < -0.3 is 9.80 Å². The summed E-state index contributed by atoms with van der Waals surface area (Å²) in [6.07, 6.45) is 1.59. The molecule has 1 aliphatic rings. The number of likely N-dealkylation sites (N-methyl/N-ethyl adjacent to an activating group) is 1. The lowest BCUT2D eigenvalue weighted by atomic mass is 10.1. The molecule has 0 saturated carbocycles. The quantitative estimate of drug-likeness (QED) is 0.803. The molecule has 7 heteroatoms. The minimum Gasteiger partial charge on any atom is -0.338 e. The molecular weight excluding hydrogens is 314 g/mol. The summed E-state index contributed by atoms with van der Waals surface area (Å²) >= 11 is 0. The van der Waals surface area contributed by atoms with E-state index >= 15 is 0 Å². The molecule has 1 amide bonds. The monoisotopic (exact) mass is 339 g/mol. The molecule has 1 aromatic carbocycles. The molecule has 1 fully saturated rings. The molecular formula is C16H25N3O3S. The Bertz CT molecular complexity index is 625. The number of sulfonamides is 1. The maximum absolute atomic E-state index is 12.9. The van der Waals surface area contributed by atoms with Gasteiger partial charge in [0.25, 0.3) is 0 Å². The lowest BCUT2D eigenvalue weighted by Gasteiger charge is -2.37. The number of hydrogen-bond acceptors (Lipinski definition) is 4. The van der Waals surface area contributed by atoms with Crippen molar-refractivity contribution in [1.82, 2.24) is 9.80 Å². The fourth-order valence-electron chi connectivity index (χ4n) is 2.86. The second-order valence-electron chi connectivity index (χ2n) is 5.95. The van der Waals surface area contributed by atoms with Crippen LogP contribution in [0.4, 0.5) is 5.69 Å². The second kappa shape index (κ2) is 7.31. The fraction of sp³-hybridized carbons (Fsp3) is 0.562. The van der Waals surface area contributed by atoms with E-state index in [1.54, 1.807) is 29.2 Å². The Morgan fingerprint density at radius 1 is 1.17 bits per heavy atom. The van der Waals surface area contributed by atoms with Crippen molar-refractivity contribution in [2.24, 2.45) is 0 Å². The van der Waals surface area contributed by atoms with Crippen molar-refractivity contribution in [2.45, 2.75) is 19.4 Å². The van der Waals surface area contributed by atoms with Crippen LogP contribution >= 0.6 is 0 Å². The van der Waals surface area contributed by atoms with E-state index in [4.69, 9.17) is 0 Å². The van der Waals surface area contributed by atoms with Gasteiger partial charge in [-0.05, 0) is 25.6 Å². The van der Waals surface area contributed by atoms with Gasteiger partial charge in [-0.15, -0.1) is 0 Å². The molecule has 0 spiro atoms. The van der Waals surface area contributed by atoms with Crippen molar-refractivity contribution in [3.63, 3.8) is 0 Å². The van der Waals surface area contributed by atoms with E-state index in [9.17, 15) is 13.2 Å². The number of hydrogen-bond donors (Lipinski definition) is 0. The number of benzene rings is 1. The molecule has 1 heterocycles. The Balaban J connectivity index is 2.30. The van der Waals surface area contributed by atoms with Gasteiger partial charge in [0.05, 0.1) is 11.9 Å². The SMILES string of the molecule is CC[C@H](C(=O)N1CCN(C)CC1)N(c1ccccc1)S(C)(=O)=O. The summed E-state index contributed by atoms with van der Waals surface area (Å²) in [4.78, 5) is 16.8. The average molecular weight is 339 g/mol. The molecule has 23 heavy (non-hydrogen) atoms. The van der Waals surface area contributed by atoms with Crippen LogP contribution in [-0.4, -0.2) is 69.6 Å². The van der Waals surface area contributed by atoms with Crippen LogP contribution < -0.4 is 4.31 Å². The first kappa shape index (κ1) is 17.7. The highest BCUT2D eigenvalue weighted by Crippen LogP contribution is 2.23. The lowest BCUT2D eigenvalue weighted by Crippen LogP contribution is -2.55. The van der Waals surface area contributed by atoms with Crippen LogP contribution in [-0.2, 0) is 14.8 Å². The van der Waals surface area contributed by atoms with Crippen LogP contribution in [0.15, 0.2) is 30.3 Å². The zero-order valence-corrected chi connectivity index (χ0v) is 14.8. The van der Waals surface area contributed by atoms with Crippen molar-refractivity contribution < 1.29 is 13.2 Å². The molecule has 0 unspecified atom stereocenters. The largest absolute Gasteiger partial charge is 0.338 e. The third-order valence-electron chi connectivity index (χ3n) is 4.14. The third-order valence-corrected chi connectivity index (χ3v) is 5.32. The zero-order chi connectivity index (χ0) is 17.0. The van der Waals surface area contributed by atoms with Gasteiger partial charge in [0, 0.05) is 26.2 Å². The molecule has 1 atom stereocenters. The average Bonchev–Trinajstić information content (AvgIpc) is 2.52. The Kier molecular flexibility index (Phi) is 5.64. The van der Waals surface area contributed by atoms with Crippen molar-refractivity contribution in [3.05, 3.63) is 30.3 Å².